The molecule has 0 aliphatic carbocycles. The van der Waals surface area contributed by atoms with Crippen LogP contribution in [-0.2, 0) is 11.4 Å². The highest BCUT2D eigenvalue weighted by atomic mass is 35.5. The van der Waals surface area contributed by atoms with Gasteiger partial charge in [0.2, 0.25) is 5.91 Å². The smallest absolute Gasteiger partial charge is 0.234 e. The van der Waals surface area contributed by atoms with Crippen molar-refractivity contribution in [3.63, 3.8) is 0 Å². The zero-order chi connectivity index (χ0) is 14.8. The minimum absolute atomic E-state index is 0.0176. The zero-order valence-electron chi connectivity index (χ0n) is 10.9. The van der Waals surface area contributed by atoms with Crippen molar-refractivity contribution in [2.24, 2.45) is 0 Å². The van der Waals surface area contributed by atoms with Crippen LogP contribution in [0.4, 0.5) is 5.69 Å². The average Bonchev–Trinajstić information content (AvgIpc) is 2.47. The summed E-state index contributed by atoms with van der Waals surface area (Å²) in [4.78, 5) is 12.3. The van der Waals surface area contributed by atoms with E-state index in [4.69, 9.17) is 27.9 Å². The molecule has 2 aromatic rings. The molecule has 1 aliphatic rings. The van der Waals surface area contributed by atoms with Crippen LogP contribution >= 0.6 is 35.0 Å². The quantitative estimate of drug-likeness (QED) is 0.886. The molecule has 21 heavy (non-hydrogen) atoms. The summed E-state index contributed by atoms with van der Waals surface area (Å²) in [7, 11) is 0. The van der Waals surface area contributed by atoms with E-state index in [-0.39, 0.29) is 5.91 Å². The Balaban J connectivity index is 1.76. The molecule has 6 heteroatoms. The van der Waals surface area contributed by atoms with Gasteiger partial charge in [0, 0.05) is 20.5 Å². The van der Waals surface area contributed by atoms with Crippen molar-refractivity contribution in [3.8, 4) is 5.75 Å². The summed E-state index contributed by atoms with van der Waals surface area (Å²) in [5.74, 6) is 1.16. The molecule has 1 aliphatic heterocycles. The Morgan fingerprint density at radius 3 is 2.71 bits per heavy atom. The Hall–Kier alpha value is -1.36. The molecule has 1 amide bonds. The lowest BCUT2D eigenvalue weighted by atomic mass is 10.2. The highest BCUT2D eigenvalue weighted by Crippen LogP contribution is 2.35. The van der Waals surface area contributed by atoms with Crippen molar-refractivity contribution in [2.75, 3.05) is 11.1 Å². The predicted octanol–water partition coefficient (Wildman–Crippen LogP) is 4.62. The van der Waals surface area contributed by atoms with Crippen LogP contribution in [-0.4, -0.2) is 11.7 Å². The Morgan fingerprint density at radius 2 is 1.95 bits per heavy atom. The molecular formula is C15H11Cl2NO2S. The number of ether oxygens (including phenoxy) is 1. The monoisotopic (exact) mass is 339 g/mol. The van der Waals surface area contributed by atoms with Crippen molar-refractivity contribution in [3.05, 3.63) is 52.0 Å². The van der Waals surface area contributed by atoms with E-state index in [2.05, 4.69) is 5.32 Å². The van der Waals surface area contributed by atoms with Crippen LogP contribution < -0.4 is 10.1 Å². The van der Waals surface area contributed by atoms with Gasteiger partial charge < -0.3 is 10.1 Å². The van der Waals surface area contributed by atoms with Crippen molar-refractivity contribution in [1.29, 1.82) is 0 Å². The Kier molecular flexibility index (Phi) is 4.29. The number of nitrogens with one attached hydrogen (secondary N) is 1. The normalized spacial score (nSPS) is 13.5. The first-order valence-electron chi connectivity index (χ1n) is 6.26. The van der Waals surface area contributed by atoms with Crippen LogP contribution in [0.5, 0.6) is 5.75 Å². The van der Waals surface area contributed by atoms with E-state index in [1.807, 2.05) is 18.2 Å². The second kappa shape index (κ2) is 6.18. The lowest BCUT2D eigenvalue weighted by Crippen LogP contribution is -2.18. The topological polar surface area (TPSA) is 38.3 Å². The molecule has 2 aromatic carbocycles. The van der Waals surface area contributed by atoms with E-state index in [0.717, 1.165) is 16.1 Å². The molecule has 3 rings (SSSR count). The fraction of sp³-hybridized carbons (Fsp3) is 0.133. The molecule has 0 spiro atoms. The lowest BCUT2D eigenvalue weighted by Gasteiger charge is -2.17. The highest BCUT2D eigenvalue weighted by molar-refractivity contribution is 8.00. The van der Waals surface area contributed by atoms with Crippen LogP contribution in [0, 0.1) is 0 Å². The van der Waals surface area contributed by atoms with E-state index in [1.54, 1.807) is 18.2 Å². The van der Waals surface area contributed by atoms with Gasteiger partial charge in [0.05, 0.1) is 11.4 Å². The van der Waals surface area contributed by atoms with Gasteiger partial charge in [-0.25, -0.2) is 0 Å². The summed E-state index contributed by atoms with van der Waals surface area (Å²) in [6.45, 7) is 0.300. The van der Waals surface area contributed by atoms with Gasteiger partial charge in [-0.1, -0.05) is 29.3 Å². The van der Waals surface area contributed by atoms with Gasteiger partial charge in [-0.15, -0.1) is 11.8 Å². The summed E-state index contributed by atoms with van der Waals surface area (Å²) >= 11 is 13.7. The predicted molar refractivity (Wildman–Crippen MR) is 86.6 cm³/mol. The van der Waals surface area contributed by atoms with Gasteiger partial charge in [-0.2, -0.15) is 0 Å². The van der Waals surface area contributed by atoms with Crippen LogP contribution in [0.15, 0.2) is 41.3 Å². The van der Waals surface area contributed by atoms with Gasteiger partial charge in [0.25, 0.3) is 0 Å². The van der Waals surface area contributed by atoms with Crippen LogP contribution in [0.3, 0.4) is 0 Å². The SMILES string of the molecule is O=C1CSc2cc(OCc3c(Cl)cccc3Cl)ccc2N1. The van der Waals surface area contributed by atoms with Crippen LogP contribution in [0.25, 0.3) is 0 Å². The van der Waals surface area contributed by atoms with Gasteiger partial charge in [0.1, 0.15) is 12.4 Å². The second-order valence-corrected chi connectivity index (χ2v) is 6.32. The third-order valence-electron chi connectivity index (χ3n) is 3.03. The first-order chi connectivity index (χ1) is 10.1. The number of halogens is 2. The summed E-state index contributed by atoms with van der Waals surface area (Å²) in [6.07, 6.45) is 0. The molecule has 0 fully saturated rings. The molecule has 108 valence electrons. The van der Waals surface area contributed by atoms with E-state index >= 15 is 0 Å². The van der Waals surface area contributed by atoms with E-state index in [9.17, 15) is 4.79 Å². The first kappa shape index (κ1) is 14.6. The third kappa shape index (κ3) is 3.28. The average molecular weight is 340 g/mol. The second-order valence-electron chi connectivity index (χ2n) is 4.48. The van der Waals surface area contributed by atoms with Crippen LogP contribution in [0.2, 0.25) is 10.0 Å². The zero-order valence-corrected chi connectivity index (χ0v) is 13.2. The number of anilines is 1. The van der Waals surface area contributed by atoms with Gasteiger partial charge in [-0.05, 0) is 30.3 Å². The molecular weight excluding hydrogens is 329 g/mol. The molecule has 3 nitrogen and oxygen atoms in total. The molecule has 0 saturated heterocycles. The summed E-state index contributed by atoms with van der Waals surface area (Å²) in [6, 6.07) is 10.9. The largest absolute Gasteiger partial charge is 0.489 e. The number of carbonyl (C=O) groups excluding carboxylic acids is 1. The van der Waals surface area contributed by atoms with Gasteiger partial charge >= 0.3 is 0 Å². The lowest BCUT2D eigenvalue weighted by molar-refractivity contribution is -0.113. The fourth-order valence-corrected chi connectivity index (χ4v) is 3.31. The first-order valence-corrected chi connectivity index (χ1v) is 8.00. The molecule has 1 heterocycles. The Labute approximate surface area is 136 Å². The molecule has 0 saturated carbocycles. The maximum atomic E-state index is 11.3. The Morgan fingerprint density at radius 1 is 1.19 bits per heavy atom. The summed E-state index contributed by atoms with van der Waals surface area (Å²) in [5, 5.41) is 3.99. The summed E-state index contributed by atoms with van der Waals surface area (Å²) < 4.78 is 5.75. The van der Waals surface area contributed by atoms with Crippen molar-refractivity contribution in [1.82, 2.24) is 0 Å². The number of rotatable bonds is 3. The standard InChI is InChI=1S/C15H11Cl2NO2S/c16-11-2-1-3-12(17)10(11)7-20-9-4-5-13-14(6-9)21-8-15(19)18-13/h1-6H,7-8H2,(H,18,19). The number of carbonyl (C=O) groups is 1. The maximum Gasteiger partial charge on any atom is 0.234 e. The minimum Gasteiger partial charge on any atom is -0.489 e. The van der Waals surface area contributed by atoms with Gasteiger partial charge in [0.15, 0.2) is 0 Å². The van der Waals surface area contributed by atoms with E-state index < -0.39 is 0 Å². The van der Waals surface area contributed by atoms with E-state index in [1.165, 1.54) is 11.8 Å². The molecule has 1 N–H and O–H groups in total. The molecule has 0 radical (unpaired) electrons. The Bertz CT molecular complexity index is 686. The molecule has 0 unspecified atom stereocenters. The number of amides is 1. The number of hydrogen-bond acceptors (Lipinski definition) is 3. The van der Waals surface area contributed by atoms with Crippen molar-refractivity contribution in [2.45, 2.75) is 11.5 Å². The van der Waals surface area contributed by atoms with Gasteiger partial charge in [-0.3, -0.25) is 4.79 Å². The number of fused-ring (bicyclic) bond motifs is 1. The summed E-state index contributed by atoms with van der Waals surface area (Å²) in [5.41, 5.74) is 1.58. The maximum absolute atomic E-state index is 11.3. The highest BCUT2D eigenvalue weighted by Gasteiger charge is 2.16. The number of benzene rings is 2. The minimum atomic E-state index is 0.0176. The van der Waals surface area contributed by atoms with Crippen molar-refractivity contribution < 1.29 is 9.53 Å². The molecule has 0 atom stereocenters. The number of thioether (sulfide) groups is 1. The molecule has 0 aromatic heterocycles. The third-order valence-corrected chi connectivity index (χ3v) is 4.79. The molecule has 0 bridgehead atoms. The van der Waals surface area contributed by atoms with Crippen LogP contribution in [0.1, 0.15) is 5.56 Å². The van der Waals surface area contributed by atoms with Crippen molar-refractivity contribution >= 4 is 46.6 Å². The van der Waals surface area contributed by atoms with E-state index in [0.29, 0.717) is 28.2 Å². The number of hydrogen-bond donors (Lipinski definition) is 1. The fourth-order valence-electron chi connectivity index (χ4n) is 1.97.